The first-order valence-electron chi connectivity index (χ1n) is 7.22. The van der Waals surface area contributed by atoms with E-state index in [-0.39, 0.29) is 12.5 Å². The van der Waals surface area contributed by atoms with E-state index >= 15 is 0 Å². The number of carbonyl (C=O) groups excluding carboxylic acids is 2. The van der Waals surface area contributed by atoms with E-state index in [1.165, 1.54) is 4.90 Å². The van der Waals surface area contributed by atoms with E-state index in [0.717, 1.165) is 0 Å². The third kappa shape index (κ3) is 5.31. The molecule has 122 valence electrons. The number of halogens is 1. The quantitative estimate of drug-likeness (QED) is 0.841. The van der Waals surface area contributed by atoms with E-state index in [0.29, 0.717) is 17.1 Å². The minimum absolute atomic E-state index is 0.203. The molecule has 0 heterocycles. The molecule has 1 unspecified atom stereocenters. The Balaban J connectivity index is 2.75. The van der Waals surface area contributed by atoms with Crippen LogP contribution in [-0.2, 0) is 4.79 Å². The van der Waals surface area contributed by atoms with Gasteiger partial charge in [-0.1, -0.05) is 23.7 Å². The molecular weight excluding hydrogens is 304 g/mol. The van der Waals surface area contributed by atoms with Gasteiger partial charge in [0.25, 0.3) is 5.91 Å². The zero-order valence-electron chi connectivity index (χ0n) is 13.4. The van der Waals surface area contributed by atoms with Gasteiger partial charge >= 0.3 is 0 Å². The van der Waals surface area contributed by atoms with Crippen molar-refractivity contribution in [3.05, 3.63) is 34.9 Å². The number of likely N-dealkylation sites (N-methyl/N-ethyl adjacent to an activating group) is 1. The second kappa shape index (κ2) is 7.61. The number of nitrogens with one attached hydrogen (secondary N) is 1. The average Bonchev–Trinajstić information content (AvgIpc) is 2.43. The molecule has 0 fully saturated rings. The molecule has 6 heteroatoms. The molecule has 0 bridgehead atoms. The predicted molar refractivity (Wildman–Crippen MR) is 86.9 cm³/mol. The van der Waals surface area contributed by atoms with Gasteiger partial charge in [-0.25, -0.2) is 0 Å². The summed E-state index contributed by atoms with van der Waals surface area (Å²) in [7, 11) is 0. The van der Waals surface area contributed by atoms with Gasteiger partial charge in [-0.2, -0.15) is 0 Å². The van der Waals surface area contributed by atoms with Crippen LogP contribution in [0, 0.1) is 0 Å². The number of rotatable bonds is 6. The van der Waals surface area contributed by atoms with E-state index in [9.17, 15) is 14.7 Å². The zero-order chi connectivity index (χ0) is 16.9. The van der Waals surface area contributed by atoms with Gasteiger partial charge in [0.05, 0.1) is 16.2 Å². The maximum absolute atomic E-state index is 12.4. The first-order valence-corrected chi connectivity index (χ1v) is 7.60. The summed E-state index contributed by atoms with van der Waals surface area (Å²) in [6.45, 7) is 7.37. The van der Waals surface area contributed by atoms with Crippen molar-refractivity contribution < 1.29 is 14.7 Å². The Morgan fingerprint density at radius 2 is 1.95 bits per heavy atom. The lowest BCUT2D eigenvalue weighted by Gasteiger charge is -2.30. The van der Waals surface area contributed by atoms with Crippen LogP contribution in [0.3, 0.4) is 0 Å². The minimum atomic E-state index is -0.988. The van der Waals surface area contributed by atoms with Crippen LogP contribution >= 0.6 is 11.6 Å². The van der Waals surface area contributed by atoms with Crippen molar-refractivity contribution in [2.45, 2.75) is 39.3 Å². The molecule has 1 atom stereocenters. The number of hydrogen-bond acceptors (Lipinski definition) is 3. The molecule has 0 saturated heterocycles. The molecule has 5 nitrogen and oxygen atoms in total. The molecule has 1 aromatic carbocycles. The van der Waals surface area contributed by atoms with E-state index < -0.39 is 17.6 Å². The van der Waals surface area contributed by atoms with Crippen LogP contribution in [0.5, 0.6) is 0 Å². The number of benzene rings is 1. The second-order valence-electron chi connectivity index (χ2n) is 5.84. The summed E-state index contributed by atoms with van der Waals surface area (Å²) < 4.78 is 0. The Labute approximate surface area is 136 Å². The van der Waals surface area contributed by atoms with Gasteiger partial charge in [0.1, 0.15) is 6.04 Å². The molecule has 0 saturated carbocycles. The Morgan fingerprint density at radius 1 is 1.36 bits per heavy atom. The van der Waals surface area contributed by atoms with Crippen molar-refractivity contribution in [1.82, 2.24) is 10.2 Å². The average molecular weight is 327 g/mol. The highest BCUT2D eigenvalue weighted by molar-refractivity contribution is 6.33. The molecule has 0 aliphatic carbocycles. The van der Waals surface area contributed by atoms with Gasteiger partial charge in [-0.05, 0) is 39.8 Å². The highest BCUT2D eigenvalue weighted by Gasteiger charge is 2.26. The predicted octanol–water partition coefficient (Wildman–Crippen LogP) is 2.08. The van der Waals surface area contributed by atoms with Gasteiger partial charge in [0.15, 0.2) is 0 Å². The summed E-state index contributed by atoms with van der Waals surface area (Å²) in [4.78, 5) is 26.0. The number of carbonyl (C=O) groups is 2. The highest BCUT2D eigenvalue weighted by atomic mass is 35.5. The molecule has 0 aliphatic heterocycles. The maximum atomic E-state index is 12.4. The largest absolute Gasteiger partial charge is 0.389 e. The van der Waals surface area contributed by atoms with Crippen molar-refractivity contribution in [3.8, 4) is 0 Å². The lowest BCUT2D eigenvalue weighted by molar-refractivity contribution is -0.135. The van der Waals surface area contributed by atoms with Crippen LogP contribution in [0.25, 0.3) is 0 Å². The van der Waals surface area contributed by atoms with Crippen molar-refractivity contribution in [3.63, 3.8) is 0 Å². The molecule has 22 heavy (non-hydrogen) atoms. The van der Waals surface area contributed by atoms with Crippen molar-refractivity contribution in [1.29, 1.82) is 0 Å². The first-order chi connectivity index (χ1) is 10.2. The Morgan fingerprint density at radius 3 is 2.45 bits per heavy atom. The molecule has 0 aromatic heterocycles. The summed E-state index contributed by atoms with van der Waals surface area (Å²) in [6.07, 6.45) is 0. The van der Waals surface area contributed by atoms with Gasteiger partial charge in [0, 0.05) is 13.1 Å². The number of aliphatic hydroxyl groups is 1. The summed E-state index contributed by atoms with van der Waals surface area (Å²) >= 11 is 5.97. The van der Waals surface area contributed by atoms with Gasteiger partial charge in [-0.15, -0.1) is 0 Å². The van der Waals surface area contributed by atoms with E-state index in [1.807, 2.05) is 6.92 Å². The molecule has 0 radical (unpaired) electrons. The number of amides is 2. The third-order valence-electron chi connectivity index (χ3n) is 3.11. The van der Waals surface area contributed by atoms with Crippen LogP contribution in [0.4, 0.5) is 0 Å². The second-order valence-corrected chi connectivity index (χ2v) is 6.25. The first kappa shape index (κ1) is 18.5. The molecule has 2 N–H and O–H groups in total. The van der Waals surface area contributed by atoms with Crippen molar-refractivity contribution in [2.24, 2.45) is 0 Å². The summed E-state index contributed by atoms with van der Waals surface area (Å²) in [6, 6.07) is 5.96. The fourth-order valence-electron chi connectivity index (χ4n) is 2.07. The maximum Gasteiger partial charge on any atom is 0.253 e. The summed E-state index contributed by atoms with van der Waals surface area (Å²) in [5.74, 6) is -0.643. The smallest absolute Gasteiger partial charge is 0.253 e. The normalized spacial score (nSPS) is 12.6. The molecule has 1 aromatic rings. The van der Waals surface area contributed by atoms with Crippen LogP contribution in [0.1, 0.15) is 38.1 Å². The highest BCUT2D eigenvalue weighted by Crippen LogP contribution is 2.15. The fourth-order valence-corrected chi connectivity index (χ4v) is 2.29. The third-order valence-corrected chi connectivity index (χ3v) is 3.44. The molecular formula is C16H23ClN2O3. The topological polar surface area (TPSA) is 69.6 Å². The summed E-state index contributed by atoms with van der Waals surface area (Å²) in [5.41, 5.74) is -0.660. The van der Waals surface area contributed by atoms with Gasteiger partial charge < -0.3 is 15.3 Å². The van der Waals surface area contributed by atoms with Crippen LogP contribution < -0.4 is 5.32 Å². The van der Waals surface area contributed by atoms with E-state index in [1.54, 1.807) is 45.0 Å². The van der Waals surface area contributed by atoms with Crippen LogP contribution in [-0.4, -0.2) is 46.6 Å². The fraction of sp³-hybridized carbons (Fsp3) is 0.500. The van der Waals surface area contributed by atoms with E-state index in [4.69, 9.17) is 11.6 Å². The SMILES string of the molecule is CCN(CC(C)(C)O)C(=O)C(C)NC(=O)c1ccccc1Cl. The molecule has 1 rings (SSSR count). The number of nitrogens with zero attached hydrogens (tertiary/aromatic N) is 1. The zero-order valence-corrected chi connectivity index (χ0v) is 14.1. The van der Waals surface area contributed by atoms with Gasteiger partial charge in [0.2, 0.25) is 5.91 Å². The van der Waals surface area contributed by atoms with Gasteiger partial charge in [-0.3, -0.25) is 9.59 Å². The molecule has 0 aliphatic rings. The lowest BCUT2D eigenvalue weighted by atomic mass is 10.1. The van der Waals surface area contributed by atoms with Crippen molar-refractivity contribution in [2.75, 3.05) is 13.1 Å². The minimum Gasteiger partial charge on any atom is -0.389 e. The van der Waals surface area contributed by atoms with Crippen molar-refractivity contribution >= 4 is 23.4 Å². The Hall–Kier alpha value is -1.59. The Kier molecular flexibility index (Phi) is 6.38. The lowest BCUT2D eigenvalue weighted by Crippen LogP contribution is -2.50. The molecule has 0 spiro atoms. The molecule has 2 amide bonds. The number of hydrogen-bond donors (Lipinski definition) is 2. The standard InChI is InChI=1S/C16H23ClN2O3/c1-5-19(10-16(3,4)22)15(21)11(2)18-14(20)12-8-6-7-9-13(12)17/h6-9,11,22H,5,10H2,1-4H3,(H,18,20). The van der Waals surface area contributed by atoms with Crippen LogP contribution in [0.2, 0.25) is 5.02 Å². The van der Waals surface area contributed by atoms with Crippen LogP contribution in [0.15, 0.2) is 24.3 Å². The Bertz CT molecular complexity index is 540. The monoisotopic (exact) mass is 326 g/mol. The summed E-state index contributed by atoms with van der Waals surface area (Å²) in [5, 5.41) is 12.8. The van der Waals surface area contributed by atoms with E-state index in [2.05, 4.69) is 5.32 Å².